The zero-order valence-corrected chi connectivity index (χ0v) is 11.4. The third-order valence-corrected chi connectivity index (χ3v) is 3.69. The Morgan fingerprint density at radius 2 is 2.35 bits per heavy atom. The van der Waals surface area contributed by atoms with Crippen molar-refractivity contribution >= 4 is 22.9 Å². The Morgan fingerprint density at radius 1 is 1.59 bits per heavy atom. The predicted molar refractivity (Wildman–Crippen MR) is 70.4 cm³/mol. The number of nitrogens with zero attached hydrogens (tertiary/aromatic N) is 3. The highest BCUT2D eigenvalue weighted by atomic mass is 35.5. The van der Waals surface area contributed by atoms with Crippen LogP contribution in [0.25, 0.3) is 0 Å². The molecule has 0 radical (unpaired) electrons. The van der Waals surface area contributed by atoms with E-state index in [1.807, 2.05) is 23.9 Å². The molecular weight excluding hydrogens is 256 g/mol. The van der Waals surface area contributed by atoms with Crippen LogP contribution in [0.3, 0.4) is 0 Å². The van der Waals surface area contributed by atoms with Crippen molar-refractivity contribution in [3.05, 3.63) is 33.0 Å². The summed E-state index contributed by atoms with van der Waals surface area (Å²) in [5.74, 6) is 0. The predicted octanol–water partition coefficient (Wildman–Crippen LogP) is 2.56. The number of hydrogen-bond acceptors (Lipinski definition) is 4. The molecule has 0 aliphatic heterocycles. The van der Waals surface area contributed by atoms with Crippen molar-refractivity contribution in [1.82, 2.24) is 14.8 Å². The highest BCUT2D eigenvalue weighted by molar-refractivity contribution is 7.09. The van der Waals surface area contributed by atoms with Crippen LogP contribution in [0.2, 0.25) is 5.02 Å². The van der Waals surface area contributed by atoms with Crippen LogP contribution in [-0.2, 0) is 13.0 Å². The van der Waals surface area contributed by atoms with Gasteiger partial charge in [0.05, 0.1) is 33.7 Å². The maximum atomic E-state index is 6.18. The van der Waals surface area contributed by atoms with E-state index < -0.39 is 0 Å². The third-order valence-electron chi connectivity index (χ3n) is 2.58. The second-order valence-electron chi connectivity index (χ2n) is 3.86. The molecule has 0 spiro atoms. The van der Waals surface area contributed by atoms with Crippen molar-refractivity contribution in [3.63, 3.8) is 0 Å². The molecule has 92 valence electrons. The van der Waals surface area contributed by atoms with Gasteiger partial charge in [0.25, 0.3) is 0 Å². The first-order chi connectivity index (χ1) is 8.11. The fourth-order valence-electron chi connectivity index (χ4n) is 1.82. The second kappa shape index (κ2) is 5.16. The third kappa shape index (κ3) is 2.68. The minimum Gasteiger partial charge on any atom is -0.322 e. The Morgan fingerprint density at radius 3 is 2.94 bits per heavy atom. The summed E-state index contributed by atoms with van der Waals surface area (Å²) in [4.78, 5) is 4.41. The highest BCUT2D eigenvalue weighted by Crippen LogP contribution is 2.24. The highest BCUT2D eigenvalue weighted by Gasteiger charge is 2.17. The normalized spacial score (nSPS) is 12.9. The number of aryl methyl sites for hydroxylation is 2. The summed E-state index contributed by atoms with van der Waals surface area (Å²) < 4.78 is 1.84. The smallest absolute Gasteiger partial charge is 0.0897 e. The lowest BCUT2D eigenvalue weighted by molar-refractivity contribution is 0.566. The standard InChI is InChI=1S/C11H15ClN4S/c1-3-16-11(9(12)5-14-16)10(13)4-8-6-17-7(2)15-8/h5-6,10H,3-4,13H2,1-2H3. The largest absolute Gasteiger partial charge is 0.322 e. The summed E-state index contributed by atoms with van der Waals surface area (Å²) in [6, 6.07) is -0.161. The van der Waals surface area contributed by atoms with E-state index in [4.69, 9.17) is 17.3 Å². The van der Waals surface area contributed by atoms with Crippen LogP contribution in [0.1, 0.15) is 29.4 Å². The Bertz CT molecular complexity index is 505. The molecule has 0 saturated carbocycles. The fraction of sp³-hybridized carbons (Fsp3) is 0.455. The Kier molecular flexibility index (Phi) is 3.81. The zero-order chi connectivity index (χ0) is 12.4. The van der Waals surface area contributed by atoms with Gasteiger partial charge in [0.15, 0.2) is 0 Å². The van der Waals surface area contributed by atoms with Crippen LogP contribution in [-0.4, -0.2) is 14.8 Å². The van der Waals surface area contributed by atoms with Crippen LogP contribution < -0.4 is 5.73 Å². The summed E-state index contributed by atoms with van der Waals surface area (Å²) in [6.45, 7) is 4.78. The van der Waals surface area contributed by atoms with Gasteiger partial charge < -0.3 is 5.73 Å². The molecule has 0 amide bonds. The molecule has 2 aromatic heterocycles. The first kappa shape index (κ1) is 12.5. The number of rotatable bonds is 4. The molecule has 2 heterocycles. The molecule has 2 N–H and O–H groups in total. The average Bonchev–Trinajstić information content (AvgIpc) is 2.84. The molecule has 0 fully saturated rings. The molecule has 17 heavy (non-hydrogen) atoms. The van der Waals surface area contributed by atoms with E-state index in [0.717, 1.165) is 22.9 Å². The summed E-state index contributed by atoms with van der Waals surface area (Å²) in [6.07, 6.45) is 2.34. The van der Waals surface area contributed by atoms with Crippen molar-refractivity contribution in [1.29, 1.82) is 0 Å². The summed E-state index contributed by atoms with van der Waals surface area (Å²) in [7, 11) is 0. The Hall–Kier alpha value is -0.910. The lowest BCUT2D eigenvalue weighted by Crippen LogP contribution is -2.18. The molecule has 0 bridgehead atoms. The topological polar surface area (TPSA) is 56.7 Å². The summed E-state index contributed by atoms with van der Waals surface area (Å²) in [5.41, 5.74) is 8.08. The number of nitrogens with two attached hydrogens (primary N) is 1. The van der Waals surface area contributed by atoms with E-state index in [1.54, 1.807) is 17.5 Å². The molecular formula is C11H15ClN4S. The lowest BCUT2D eigenvalue weighted by Gasteiger charge is -2.12. The summed E-state index contributed by atoms with van der Waals surface area (Å²) >= 11 is 7.74. The maximum Gasteiger partial charge on any atom is 0.0897 e. The van der Waals surface area contributed by atoms with Crippen LogP contribution >= 0.6 is 22.9 Å². The minimum absolute atomic E-state index is 0.161. The van der Waals surface area contributed by atoms with Crippen molar-refractivity contribution in [3.8, 4) is 0 Å². The number of thiazole rings is 1. The fourth-order valence-corrected chi connectivity index (χ4v) is 2.72. The molecule has 0 saturated heterocycles. The van der Waals surface area contributed by atoms with E-state index in [-0.39, 0.29) is 6.04 Å². The van der Waals surface area contributed by atoms with Gasteiger partial charge in [0, 0.05) is 18.3 Å². The van der Waals surface area contributed by atoms with Crippen LogP contribution in [0.15, 0.2) is 11.6 Å². The number of halogens is 1. The maximum absolute atomic E-state index is 6.18. The van der Waals surface area contributed by atoms with E-state index in [2.05, 4.69) is 10.1 Å². The van der Waals surface area contributed by atoms with E-state index in [1.165, 1.54) is 0 Å². The zero-order valence-electron chi connectivity index (χ0n) is 9.85. The lowest BCUT2D eigenvalue weighted by atomic mass is 10.1. The molecule has 6 heteroatoms. The van der Waals surface area contributed by atoms with Gasteiger partial charge in [0.1, 0.15) is 0 Å². The van der Waals surface area contributed by atoms with Crippen molar-refractivity contribution in [2.45, 2.75) is 32.9 Å². The van der Waals surface area contributed by atoms with E-state index >= 15 is 0 Å². The summed E-state index contributed by atoms with van der Waals surface area (Å²) in [5, 5.41) is 7.92. The molecule has 0 aliphatic rings. The van der Waals surface area contributed by atoms with Crippen LogP contribution in [0.4, 0.5) is 0 Å². The monoisotopic (exact) mass is 270 g/mol. The molecule has 2 rings (SSSR count). The molecule has 4 nitrogen and oxygen atoms in total. The van der Waals surface area contributed by atoms with Crippen molar-refractivity contribution < 1.29 is 0 Å². The van der Waals surface area contributed by atoms with Gasteiger partial charge in [-0.3, -0.25) is 4.68 Å². The average molecular weight is 271 g/mol. The van der Waals surface area contributed by atoms with Gasteiger partial charge >= 0.3 is 0 Å². The molecule has 1 unspecified atom stereocenters. The number of aromatic nitrogens is 3. The first-order valence-corrected chi connectivity index (χ1v) is 6.75. The minimum atomic E-state index is -0.161. The van der Waals surface area contributed by atoms with Crippen molar-refractivity contribution in [2.24, 2.45) is 5.73 Å². The van der Waals surface area contributed by atoms with E-state index in [0.29, 0.717) is 11.4 Å². The molecule has 1 atom stereocenters. The first-order valence-electron chi connectivity index (χ1n) is 5.49. The van der Waals surface area contributed by atoms with Gasteiger partial charge in [-0.05, 0) is 13.8 Å². The second-order valence-corrected chi connectivity index (χ2v) is 5.33. The Balaban J connectivity index is 2.19. The SMILES string of the molecule is CCn1ncc(Cl)c1C(N)Cc1csc(C)n1. The van der Waals surface area contributed by atoms with Gasteiger partial charge in [-0.25, -0.2) is 4.98 Å². The number of hydrogen-bond donors (Lipinski definition) is 1. The van der Waals surface area contributed by atoms with Crippen molar-refractivity contribution in [2.75, 3.05) is 0 Å². The van der Waals surface area contributed by atoms with Gasteiger partial charge in [-0.1, -0.05) is 11.6 Å². The molecule has 0 aromatic carbocycles. The van der Waals surface area contributed by atoms with Gasteiger partial charge in [0.2, 0.25) is 0 Å². The van der Waals surface area contributed by atoms with Gasteiger partial charge in [-0.2, -0.15) is 5.10 Å². The van der Waals surface area contributed by atoms with Gasteiger partial charge in [-0.15, -0.1) is 11.3 Å². The quantitative estimate of drug-likeness (QED) is 0.929. The Labute approximate surface area is 109 Å². The van der Waals surface area contributed by atoms with Crippen LogP contribution in [0, 0.1) is 6.92 Å². The van der Waals surface area contributed by atoms with Crippen LogP contribution in [0.5, 0.6) is 0 Å². The molecule has 2 aromatic rings. The van der Waals surface area contributed by atoms with E-state index in [9.17, 15) is 0 Å². The molecule has 0 aliphatic carbocycles.